The lowest BCUT2D eigenvalue weighted by Crippen LogP contribution is -2.10. The Kier molecular flexibility index (Phi) is 5.13. The second-order valence-corrected chi connectivity index (χ2v) is 4.16. The summed E-state index contributed by atoms with van der Waals surface area (Å²) in [6.07, 6.45) is 0.174. The van der Waals surface area contributed by atoms with E-state index in [1.165, 1.54) is 0 Å². The Hall–Kier alpha value is -1.38. The molecule has 0 radical (unpaired) electrons. The number of benzene rings is 1. The topological polar surface area (TPSA) is 76.1 Å². The average Bonchev–Trinajstić information content (AvgIpc) is 2.31. The third kappa shape index (κ3) is 3.29. The minimum Gasteiger partial charge on any atom is -0.466 e. The van der Waals surface area contributed by atoms with Crippen LogP contribution in [0.3, 0.4) is 0 Å². The van der Waals surface area contributed by atoms with Crippen LogP contribution >= 0.6 is 15.9 Å². The highest BCUT2D eigenvalue weighted by atomic mass is 79.9. The second-order valence-electron chi connectivity index (χ2n) is 3.36. The fourth-order valence-corrected chi connectivity index (χ4v) is 2.13. The lowest BCUT2D eigenvalue weighted by Gasteiger charge is -2.09. The van der Waals surface area contributed by atoms with Crippen LogP contribution in [-0.2, 0) is 22.5 Å². The number of hydrogen-bond acceptors (Lipinski definition) is 4. The standard InChI is InChI=1S/C12H13BrN2O2/c1-2-17-11(16)5-8-3-4-9(6-14)10(7-15)12(8)13/h3-4H,2,5,7,15H2,1H3. The molecule has 0 unspecified atom stereocenters. The van der Waals surface area contributed by atoms with Crippen LogP contribution in [0.2, 0.25) is 0 Å². The summed E-state index contributed by atoms with van der Waals surface area (Å²) < 4.78 is 5.59. The lowest BCUT2D eigenvalue weighted by atomic mass is 10.0. The summed E-state index contributed by atoms with van der Waals surface area (Å²) in [5.74, 6) is -0.291. The molecule has 1 aromatic carbocycles. The molecule has 0 aliphatic rings. The zero-order valence-corrected chi connectivity index (χ0v) is 11.1. The van der Waals surface area contributed by atoms with Gasteiger partial charge in [-0.2, -0.15) is 5.26 Å². The van der Waals surface area contributed by atoms with Crippen molar-refractivity contribution < 1.29 is 9.53 Å². The number of ether oxygens (including phenoxy) is 1. The smallest absolute Gasteiger partial charge is 0.310 e. The van der Waals surface area contributed by atoms with Gasteiger partial charge in [0.2, 0.25) is 0 Å². The van der Waals surface area contributed by atoms with Crippen LogP contribution in [0.1, 0.15) is 23.6 Å². The molecular formula is C12H13BrN2O2. The molecule has 4 nitrogen and oxygen atoms in total. The number of nitriles is 1. The van der Waals surface area contributed by atoms with Gasteiger partial charge in [-0.15, -0.1) is 0 Å². The summed E-state index contributed by atoms with van der Waals surface area (Å²) in [6.45, 7) is 2.37. The van der Waals surface area contributed by atoms with Crippen molar-refractivity contribution in [3.63, 3.8) is 0 Å². The molecule has 0 atom stereocenters. The summed E-state index contributed by atoms with van der Waals surface area (Å²) in [6, 6.07) is 5.47. The molecule has 0 spiro atoms. The minimum absolute atomic E-state index is 0.174. The predicted molar refractivity (Wildman–Crippen MR) is 67.1 cm³/mol. The first-order valence-electron chi connectivity index (χ1n) is 5.20. The van der Waals surface area contributed by atoms with Gasteiger partial charge in [-0.3, -0.25) is 4.79 Å². The van der Waals surface area contributed by atoms with E-state index in [0.717, 1.165) is 5.56 Å². The Morgan fingerprint density at radius 2 is 2.29 bits per heavy atom. The number of hydrogen-bond donors (Lipinski definition) is 1. The third-order valence-corrected chi connectivity index (χ3v) is 3.28. The molecule has 1 aromatic rings. The summed E-state index contributed by atoms with van der Waals surface area (Å²) in [5, 5.41) is 8.91. The van der Waals surface area contributed by atoms with Crippen molar-refractivity contribution in [3.8, 4) is 6.07 Å². The molecule has 0 aliphatic heterocycles. The monoisotopic (exact) mass is 296 g/mol. The van der Waals surface area contributed by atoms with E-state index in [1.54, 1.807) is 19.1 Å². The molecule has 17 heavy (non-hydrogen) atoms. The van der Waals surface area contributed by atoms with Crippen molar-refractivity contribution in [2.75, 3.05) is 6.61 Å². The zero-order chi connectivity index (χ0) is 12.8. The number of carbonyl (C=O) groups excluding carboxylic acids is 1. The number of esters is 1. The number of halogens is 1. The van der Waals surface area contributed by atoms with E-state index in [9.17, 15) is 4.79 Å². The largest absolute Gasteiger partial charge is 0.466 e. The SMILES string of the molecule is CCOC(=O)Cc1ccc(C#N)c(CN)c1Br. The fraction of sp³-hybridized carbons (Fsp3) is 0.333. The van der Waals surface area contributed by atoms with Gasteiger partial charge >= 0.3 is 5.97 Å². The van der Waals surface area contributed by atoms with Crippen LogP contribution in [0.15, 0.2) is 16.6 Å². The second kappa shape index (κ2) is 6.38. The maximum atomic E-state index is 11.4. The number of rotatable bonds is 4. The highest BCUT2D eigenvalue weighted by Crippen LogP contribution is 2.25. The van der Waals surface area contributed by atoms with Crippen molar-refractivity contribution in [2.45, 2.75) is 19.9 Å². The molecule has 0 saturated carbocycles. The lowest BCUT2D eigenvalue weighted by molar-refractivity contribution is -0.142. The number of carbonyl (C=O) groups is 1. The van der Waals surface area contributed by atoms with Crippen LogP contribution in [0, 0.1) is 11.3 Å². The fourth-order valence-electron chi connectivity index (χ4n) is 1.48. The molecular weight excluding hydrogens is 284 g/mol. The van der Waals surface area contributed by atoms with Gasteiger partial charge in [0.05, 0.1) is 24.7 Å². The Morgan fingerprint density at radius 1 is 1.59 bits per heavy atom. The molecule has 0 heterocycles. The number of nitrogens with zero attached hydrogens (tertiary/aromatic N) is 1. The summed E-state index contributed by atoms with van der Waals surface area (Å²) in [4.78, 5) is 11.4. The number of nitrogens with two attached hydrogens (primary N) is 1. The first kappa shape index (κ1) is 13.7. The maximum absolute atomic E-state index is 11.4. The van der Waals surface area contributed by atoms with Crippen LogP contribution in [0.5, 0.6) is 0 Å². The highest BCUT2D eigenvalue weighted by Gasteiger charge is 2.13. The van der Waals surface area contributed by atoms with Crippen LogP contribution < -0.4 is 5.73 Å². The summed E-state index contributed by atoms with van der Waals surface area (Å²) in [7, 11) is 0. The van der Waals surface area contributed by atoms with Gasteiger partial charge in [0.15, 0.2) is 0 Å². The van der Waals surface area contributed by atoms with E-state index in [2.05, 4.69) is 22.0 Å². The van der Waals surface area contributed by atoms with Crippen LogP contribution in [0.4, 0.5) is 0 Å². The Morgan fingerprint density at radius 3 is 2.82 bits per heavy atom. The first-order chi connectivity index (χ1) is 8.13. The molecule has 0 bridgehead atoms. The zero-order valence-electron chi connectivity index (χ0n) is 9.50. The minimum atomic E-state index is -0.291. The molecule has 0 aliphatic carbocycles. The van der Waals surface area contributed by atoms with E-state index in [1.807, 2.05) is 0 Å². The van der Waals surface area contributed by atoms with Crippen molar-refractivity contribution in [1.29, 1.82) is 5.26 Å². The van der Waals surface area contributed by atoms with Gasteiger partial charge in [-0.25, -0.2) is 0 Å². The van der Waals surface area contributed by atoms with Gasteiger partial charge in [-0.1, -0.05) is 22.0 Å². The molecule has 0 fully saturated rings. The molecule has 0 saturated heterocycles. The van der Waals surface area contributed by atoms with Crippen molar-refractivity contribution in [1.82, 2.24) is 0 Å². The van der Waals surface area contributed by atoms with Gasteiger partial charge in [0.25, 0.3) is 0 Å². The normalized spacial score (nSPS) is 9.76. The van der Waals surface area contributed by atoms with Gasteiger partial charge in [0, 0.05) is 11.0 Å². The van der Waals surface area contributed by atoms with Crippen molar-refractivity contribution in [2.24, 2.45) is 5.73 Å². The van der Waals surface area contributed by atoms with E-state index in [4.69, 9.17) is 15.7 Å². The van der Waals surface area contributed by atoms with E-state index in [-0.39, 0.29) is 18.9 Å². The average molecular weight is 297 g/mol. The highest BCUT2D eigenvalue weighted by molar-refractivity contribution is 9.10. The van der Waals surface area contributed by atoms with E-state index >= 15 is 0 Å². The molecule has 90 valence electrons. The Labute approximate surface area is 108 Å². The van der Waals surface area contributed by atoms with Crippen molar-refractivity contribution >= 4 is 21.9 Å². The van der Waals surface area contributed by atoms with Crippen LogP contribution in [-0.4, -0.2) is 12.6 Å². The van der Waals surface area contributed by atoms with E-state index in [0.29, 0.717) is 22.2 Å². The maximum Gasteiger partial charge on any atom is 0.310 e. The summed E-state index contributed by atoms with van der Waals surface area (Å²) in [5.41, 5.74) is 7.61. The molecule has 0 amide bonds. The quantitative estimate of drug-likeness (QED) is 0.861. The van der Waals surface area contributed by atoms with Gasteiger partial charge < -0.3 is 10.5 Å². The van der Waals surface area contributed by atoms with Gasteiger partial charge in [-0.05, 0) is 24.1 Å². The molecule has 5 heteroatoms. The predicted octanol–water partition coefficient (Wildman–Crippen LogP) is 1.89. The third-order valence-electron chi connectivity index (χ3n) is 2.29. The first-order valence-corrected chi connectivity index (χ1v) is 5.99. The molecule has 1 rings (SSSR count). The Bertz CT molecular complexity index is 466. The Balaban J connectivity index is 3.03. The summed E-state index contributed by atoms with van der Waals surface area (Å²) >= 11 is 3.37. The van der Waals surface area contributed by atoms with E-state index < -0.39 is 0 Å². The van der Waals surface area contributed by atoms with Gasteiger partial charge in [0.1, 0.15) is 0 Å². The molecule has 2 N–H and O–H groups in total. The van der Waals surface area contributed by atoms with Crippen molar-refractivity contribution in [3.05, 3.63) is 33.3 Å². The van der Waals surface area contributed by atoms with Crippen LogP contribution in [0.25, 0.3) is 0 Å². The molecule has 0 aromatic heterocycles.